The molecule has 0 aromatic heterocycles. The first-order valence-electron chi connectivity index (χ1n) is 5.34. The van der Waals surface area contributed by atoms with Gasteiger partial charge in [-0.1, -0.05) is 32.9 Å². The lowest BCUT2D eigenvalue weighted by atomic mass is 10.2. The zero-order chi connectivity index (χ0) is 11.4. The van der Waals surface area contributed by atoms with Crippen molar-refractivity contribution in [3.05, 3.63) is 0 Å². The van der Waals surface area contributed by atoms with Crippen molar-refractivity contribution in [2.45, 2.75) is 53.4 Å². The van der Waals surface area contributed by atoms with Crippen LogP contribution in [0.1, 0.15) is 53.4 Å². The Labute approximate surface area is 87.9 Å². The van der Waals surface area contributed by atoms with E-state index in [2.05, 4.69) is 24.0 Å². The molecular weight excluding hydrogens is 176 g/mol. The Kier molecular flexibility index (Phi) is 13.5. The molecule has 0 aliphatic rings. The summed E-state index contributed by atoms with van der Waals surface area (Å²) in [6.45, 7) is 8.20. The standard InChI is InChI=1S/C6H13N.C5H11NO/c1-4-6(5-2)7-3;1-3-5(4-2)6-7/h4-5H2,1-3H3;7H,3-4H2,1-2H3. The van der Waals surface area contributed by atoms with E-state index in [9.17, 15) is 0 Å². The summed E-state index contributed by atoms with van der Waals surface area (Å²) in [5, 5.41) is 11.2. The molecule has 0 fully saturated rings. The minimum atomic E-state index is 0.854. The molecule has 0 saturated carbocycles. The molecular formula is C11H24N2O. The zero-order valence-corrected chi connectivity index (χ0v) is 10.2. The van der Waals surface area contributed by atoms with E-state index in [1.54, 1.807) is 0 Å². The van der Waals surface area contributed by atoms with Crippen molar-refractivity contribution < 1.29 is 5.21 Å². The highest BCUT2D eigenvalue weighted by atomic mass is 16.4. The molecule has 3 heteroatoms. The smallest absolute Gasteiger partial charge is 0.0565 e. The van der Waals surface area contributed by atoms with Crippen molar-refractivity contribution in [2.24, 2.45) is 10.1 Å². The molecule has 84 valence electrons. The second kappa shape index (κ2) is 12.1. The van der Waals surface area contributed by atoms with Crippen molar-refractivity contribution in [1.29, 1.82) is 0 Å². The molecule has 0 atom stereocenters. The average Bonchev–Trinajstić information content (AvgIpc) is 2.24. The fourth-order valence-electron chi connectivity index (χ4n) is 0.958. The Balaban J connectivity index is 0. The third-order valence-corrected chi connectivity index (χ3v) is 2.09. The van der Waals surface area contributed by atoms with E-state index in [4.69, 9.17) is 5.21 Å². The van der Waals surface area contributed by atoms with Crippen molar-refractivity contribution in [2.75, 3.05) is 7.05 Å². The highest BCUT2D eigenvalue weighted by molar-refractivity contribution is 5.83. The summed E-state index contributed by atoms with van der Waals surface area (Å²) in [4.78, 5) is 4.04. The van der Waals surface area contributed by atoms with Crippen LogP contribution in [0.3, 0.4) is 0 Å². The maximum absolute atomic E-state index is 8.11. The molecule has 0 aliphatic heterocycles. The second-order valence-electron chi connectivity index (χ2n) is 2.87. The van der Waals surface area contributed by atoms with Crippen LogP contribution in [-0.4, -0.2) is 23.7 Å². The highest BCUT2D eigenvalue weighted by Crippen LogP contribution is 1.88. The Morgan fingerprint density at radius 3 is 1.21 bits per heavy atom. The van der Waals surface area contributed by atoms with E-state index < -0.39 is 0 Å². The molecule has 0 heterocycles. The van der Waals surface area contributed by atoms with Gasteiger partial charge in [-0.15, -0.1) is 0 Å². The second-order valence-corrected chi connectivity index (χ2v) is 2.87. The third kappa shape index (κ3) is 9.23. The van der Waals surface area contributed by atoms with Crippen LogP contribution in [-0.2, 0) is 0 Å². The van der Waals surface area contributed by atoms with Gasteiger partial charge in [-0.3, -0.25) is 4.99 Å². The monoisotopic (exact) mass is 200 g/mol. The molecule has 0 saturated heterocycles. The number of hydrogen-bond acceptors (Lipinski definition) is 3. The molecule has 0 rings (SSSR count). The fraction of sp³-hybridized carbons (Fsp3) is 0.818. The lowest BCUT2D eigenvalue weighted by Gasteiger charge is -1.91. The molecule has 0 unspecified atom stereocenters. The van der Waals surface area contributed by atoms with Crippen LogP contribution in [0.25, 0.3) is 0 Å². The van der Waals surface area contributed by atoms with Gasteiger partial charge in [0.2, 0.25) is 0 Å². The molecule has 14 heavy (non-hydrogen) atoms. The van der Waals surface area contributed by atoms with Crippen LogP contribution in [0, 0.1) is 0 Å². The van der Waals surface area contributed by atoms with Crippen molar-refractivity contribution >= 4 is 11.4 Å². The summed E-state index contributed by atoms with van der Waals surface area (Å²) in [5.74, 6) is 0. The Hall–Kier alpha value is -0.860. The lowest BCUT2D eigenvalue weighted by Crippen LogP contribution is -1.90. The predicted octanol–water partition coefficient (Wildman–Crippen LogP) is 3.51. The number of nitrogens with zero attached hydrogens (tertiary/aromatic N) is 2. The van der Waals surface area contributed by atoms with Crippen LogP contribution in [0.5, 0.6) is 0 Å². The van der Waals surface area contributed by atoms with Gasteiger partial charge in [-0.25, -0.2) is 0 Å². The molecule has 3 nitrogen and oxygen atoms in total. The Morgan fingerprint density at radius 1 is 0.857 bits per heavy atom. The van der Waals surface area contributed by atoms with Crippen molar-refractivity contribution in [3.63, 3.8) is 0 Å². The minimum Gasteiger partial charge on any atom is -0.411 e. The molecule has 0 bridgehead atoms. The van der Waals surface area contributed by atoms with E-state index >= 15 is 0 Å². The third-order valence-electron chi connectivity index (χ3n) is 2.09. The number of hydrogen-bond donors (Lipinski definition) is 1. The van der Waals surface area contributed by atoms with Crippen LogP contribution in [0.2, 0.25) is 0 Å². The first kappa shape index (κ1) is 15.6. The van der Waals surface area contributed by atoms with Gasteiger partial charge in [0.15, 0.2) is 0 Å². The summed E-state index contributed by atoms with van der Waals surface area (Å²) < 4.78 is 0. The zero-order valence-electron chi connectivity index (χ0n) is 10.2. The largest absolute Gasteiger partial charge is 0.411 e. The van der Waals surface area contributed by atoms with Crippen LogP contribution < -0.4 is 0 Å². The summed E-state index contributed by atoms with van der Waals surface area (Å²) >= 11 is 0. The summed E-state index contributed by atoms with van der Waals surface area (Å²) in [7, 11) is 1.85. The first-order valence-corrected chi connectivity index (χ1v) is 5.34. The van der Waals surface area contributed by atoms with Gasteiger partial charge in [-0.05, 0) is 25.7 Å². The minimum absolute atomic E-state index is 0.854. The van der Waals surface area contributed by atoms with Gasteiger partial charge in [0.25, 0.3) is 0 Å². The van der Waals surface area contributed by atoms with Crippen LogP contribution in [0.4, 0.5) is 0 Å². The van der Waals surface area contributed by atoms with Gasteiger partial charge < -0.3 is 5.21 Å². The molecule has 0 aromatic carbocycles. The normalized spacial score (nSPS) is 8.36. The lowest BCUT2D eigenvalue weighted by molar-refractivity contribution is 0.316. The van der Waals surface area contributed by atoms with Gasteiger partial charge in [0.05, 0.1) is 5.71 Å². The maximum Gasteiger partial charge on any atom is 0.0565 e. The van der Waals surface area contributed by atoms with Gasteiger partial charge in [-0.2, -0.15) is 0 Å². The summed E-state index contributed by atoms with van der Waals surface area (Å²) in [6.07, 6.45) is 3.92. The van der Waals surface area contributed by atoms with Crippen molar-refractivity contribution in [3.8, 4) is 0 Å². The first-order chi connectivity index (χ1) is 6.69. The van der Waals surface area contributed by atoms with E-state index in [-0.39, 0.29) is 0 Å². The van der Waals surface area contributed by atoms with E-state index in [1.165, 1.54) is 5.71 Å². The van der Waals surface area contributed by atoms with E-state index in [0.717, 1.165) is 31.4 Å². The molecule has 1 N–H and O–H groups in total. The molecule has 0 aliphatic carbocycles. The quantitative estimate of drug-likeness (QED) is 0.421. The topological polar surface area (TPSA) is 45.0 Å². The van der Waals surface area contributed by atoms with Crippen LogP contribution >= 0.6 is 0 Å². The van der Waals surface area contributed by atoms with Crippen molar-refractivity contribution in [1.82, 2.24) is 0 Å². The van der Waals surface area contributed by atoms with Gasteiger partial charge in [0, 0.05) is 12.8 Å². The fourth-order valence-corrected chi connectivity index (χ4v) is 0.958. The summed E-state index contributed by atoms with van der Waals surface area (Å²) in [5.41, 5.74) is 2.17. The average molecular weight is 200 g/mol. The SMILES string of the molecule is CCC(CC)=NC.CCC(CC)=NO. The van der Waals surface area contributed by atoms with Crippen LogP contribution in [0.15, 0.2) is 10.1 Å². The predicted molar refractivity (Wildman–Crippen MR) is 63.7 cm³/mol. The number of rotatable bonds is 4. The number of aliphatic imine (C=N–C) groups is 1. The molecule has 0 amide bonds. The Morgan fingerprint density at radius 2 is 1.21 bits per heavy atom. The van der Waals surface area contributed by atoms with Gasteiger partial charge in [0.1, 0.15) is 0 Å². The molecule has 0 aromatic rings. The van der Waals surface area contributed by atoms with Gasteiger partial charge >= 0.3 is 0 Å². The molecule has 0 radical (unpaired) electrons. The maximum atomic E-state index is 8.11. The highest BCUT2D eigenvalue weighted by Gasteiger charge is 1.87. The van der Waals surface area contributed by atoms with E-state index in [0.29, 0.717) is 0 Å². The number of oxime groups is 1. The summed E-state index contributed by atoms with van der Waals surface area (Å²) in [6, 6.07) is 0. The molecule has 0 spiro atoms. The van der Waals surface area contributed by atoms with E-state index in [1.807, 2.05) is 20.9 Å². The Bertz CT molecular complexity index is 142.